The monoisotopic (exact) mass is 521 g/mol. The number of carbonyl (C=O) groups excluding carboxylic acids is 4. The minimum absolute atomic E-state index is 0.0841. The molecule has 11 nitrogen and oxygen atoms in total. The van der Waals surface area contributed by atoms with Gasteiger partial charge in [0.05, 0.1) is 22.8 Å². The second kappa shape index (κ2) is 13.0. The molecule has 0 radical (unpaired) electrons. The quantitative estimate of drug-likeness (QED) is 0.283. The smallest absolute Gasteiger partial charge is 0.357 e. The number of nitrogens with zero attached hydrogens (tertiary/aromatic N) is 3. The molecule has 3 heterocycles. The van der Waals surface area contributed by atoms with Gasteiger partial charge in [0.15, 0.2) is 0 Å². The first-order valence-corrected chi connectivity index (χ1v) is 11.7. The second-order valence-electron chi connectivity index (χ2n) is 8.17. The van der Waals surface area contributed by atoms with Crippen LogP contribution in [-0.2, 0) is 41.8 Å². The molecule has 0 amide bonds. The standard InChI is InChI=1S/C27H27N3O8/c1-16(37-18(3)31)22-10-5-8-20(28-22)14-35-26(33)24-12-7-13-25(30-24)27(34)36-15-21-9-6-11-23(29-21)17(2)38-19(4)32/h5-13,16-17H,14-15H2,1-4H3/t16-,17-/m0/s1. The van der Waals surface area contributed by atoms with E-state index < -0.39 is 36.1 Å². The highest BCUT2D eigenvalue weighted by atomic mass is 16.6. The van der Waals surface area contributed by atoms with Crippen LogP contribution < -0.4 is 0 Å². The molecule has 0 aliphatic heterocycles. The van der Waals surface area contributed by atoms with Crippen LogP contribution in [-0.4, -0.2) is 38.8 Å². The Morgan fingerprint density at radius 2 is 1.03 bits per heavy atom. The van der Waals surface area contributed by atoms with Crippen LogP contribution in [0.25, 0.3) is 0 Å². The molecule has 198 valence electrons. The number of ether oxygens (including phenoxy) is 4. The predicted molar refractivity (Wildman–Crippen MR) is 131 cm³/mol. The summed E-state index contributed by atoms with van der Waals surface area (Å²) in [5, 5.41) is 0. The van der Waals surface area contributed by atoms with Gasteiger partial charge in [0, 0.05) is 13.8 Å². The summed E-state index contributed by atoms with van der Waals surface area (Å²) in [7, 11) is 0. The van der Waals surface area contributed by atoms with Gasteiger partial charge in [-0.1, -0.05) is 18.2 Å². The van der Waals surface area contributed by atoms with E-state index in [0.717, 1.165) is 0 Å². The van der Waals surface area contributed by atoms with E-state index in [0.29, 0.717) is 22.8 Å². The van der Waals surface area contributed by atoms with E-state index in [2.05, 4.69) is 15.0 Å². The van der Waals surface area contributed by atoms with Crippen molar-refractivity contribution in [2.24, 2.45) is 0 Å². The van der Waals surface area contributed by atoms with E-state index in [4.69, 9.17) is 18.9 Å². The maximum Gasteiger partial charge on any atom is 0.357 e. The lowest BCUT2D eigenvalue weighted by Crippen LogP contribution is -2.14. The topological polar surface area (TPSA) is 144 Å². The lowest BCUT2D eigenvalue weighted by atomic mass is 10.2. The second-order valence-corrected chi connectivity index (χ2v) is 8.17. The van der Waals surface area contributed by atoms with Crippen LogP contribution in [0.2, 0.25) is 0 Å². The summed E-state index contributed by atoms with van der Waals surface area (Å²) in [4.78, 5) is 60.1. The Morgan fingerprint density at radius 1 is 0.632 bits per heavy atom. The van der Waals surface area contributed by atoms with Crippen molar-refractivity contribution in [3.63, 3.8) is 0 Å². The molecule has 0 fully saturated rings. The van der Waals surface area contributed by atoms with Crippen molar-refractivity contribution in [2.45, 2.75) is 53.1 Å². The van der Waals surface area contributed by atoms with Crippen molar-refractivity contribution in [1.82, 2.24) is 15.0 Å². The fourth-order valence-electron chi connectivity index (χ4n) is 3.32. The third kappa shape index (κ3) is 8.19. The van der Waals surface area contributed by atoms with Gasteiger partial charge >= 0.3 is 23.9 Å². The summed E-state index contributed by atoms with van der Waals surface area (Å²) in [6.07, 6.45) is -1.11. The van der Waals surface area contributed by atoms with Gasteiger partial charge in [0.1, 0.15) is 36.8 Å². The van der Waals surface area contributed by atoms with Gasteiger partial charge < -0.3 is 18.9 Å². The molecular weight excluding hydrogens is 494 g/mol. The molecule has 0 bridgehead atoms. The van der Waals surface area contributed by atoms with E-state index in [1.165, 1.54) is 32.0 Å². The summed E-state index contributed by atoms with van der Waals surface area (Å²) in [6.45, 7) is 5.69. The summed E-state index contributed by atoms with van der Waals surface area (Å²) in [6, 6.07) is 14.4. The van der Waals surface area contributed by atoms with Crippen LogP contribution >= 0.6 is 0 Å². The molecule has 38 heavy (non-hydrogen) atoms. The third-order valence-corrected chi connectivity index (χ3v) is 5.04. The van der Waals surface area contributed by atoms with Crippen molar-refractivity contribution < 1.29 is 38.1 Å². The normalized spacial score (nSPS) is 12.1. The maximum atomic E-state index is 12.5. The zero-order chi connectivity index (χ0) is 27.7. The fourth-order valence-corrected chi connectivity index (χ4v) is 3.32. The molecule has 3 aromatic heterocycles. The van der Waals surface area contributed by atoms with Crippen molar-refractivity contribution in [3.05, 3.63) is 88.8 Å². The molecule has 3 aromatic rings. The Morgan fingerprint density at radius 3 is 1.42 bits per heavy atom. The van der Waals surface area contributed by atoms with Gasteiger partial charge in [-0.3, -0.25) is 19.6 Å². The maximum absolute atomic E-state index is 12.5. The number of pyridine rings is 3. The fraction of sp³-hybridized carbons (Fsp3) is 0.296. The van der Waals surface area contributed by atoms with Crippen molar-refractivity contribution >= 4 is 23.9 Å². The number of hydrogen-bond acceptors (Lipinski definition) is 11. The minimum atomic E-state index is -0.756. The Kier molecular flexibility index (Phi) is 9.58. The molecular formula is C27H27N3O8. The molecule has 0 saturated carbocycles. The number of esters is 4. The molecule has 0 saturated heterocycles. The van der Waals surface area contributed by atoms with Crippen LogP contribution in [0.5, 0.6) is 0 Å². The van der Waals surface area contributed by atoms with Crippen LogP contribution in [0.1, 0.15) is 83.7 Å². The van der Waals surface area contributed by atoms with Gasteiger partial charge in [-0.25, -0.2) is 14.6 Å². The number of hydrogen-bond donors (Lipinski definition) is 0. The Labute approximate surface area is 219 Å². The van der Waals surface area contributed by atoms with Gasteiger partial charge in [-0.2, -0.15) is 0 Å². The van der Waals surface area contributed by atoms with Gasteiger partial charge in [-0.05, 0) is 50.2 Å². The van der Waals surface area contributed by atoms with Crippen LogP contribution in [0.15, 0.2) is 54.6 Å². The lowest BCUT2D eigenvalue weighted by Gasteiger charge is -2.12. The van der Waals surface area contributed by atoms with Crippen molar-refractivity contribution in [3.8, 4) is 0 Å². The highest BCUT2D eigenvalue weighted by Crippen LogP contribution is 2.17. The average Bonchev–Trinajstić information content (AvgIpc) is 2.90. The first-order chi connectivity index (χ1) is 18.1. The molecule has 0 aliphatic rings. The van der Waals surface area contributed by atoms with Crippen molar-refractivity contribution in [1.29, 1.82) is 0 Å². The molecule has 0 unspecified atom stereocenters. The Balaban J connectivity index is 1.58. The zero-order valence-electron chi connectivity index (χ0n) is 21.4. The molecule has 0 N–H and O–H groups in total. The highest BCUT2D eigenvalue weighted by molar-refractivity contribution is 5.91. The number of carbonyl (C=O) groups is 4. The summed E-state index contributed by atoms with van der Waals surface area (Å²) < 4.78 is 20.8. The van der Waals surface area contributed by atoms with Crippen LogP contribution in [0.3, 0.4) is 0 Å². The van der Waals surface area contributed by atoms with E-state index in [1.54, 1.807) is 50.2 Å². The van der Waals surface area contributed by atoms with Gasteiger partial charge in [0.2, 0.25) is 0 Å². The predicted octanol–water partition coefficient (Wildman–Crippen LogP) is 3.83. The molecule has 0 aliphatic carbocycles. The van der Waals surface area contributed by atoms with E-state index in [9.17, 15) is 19.2 Å². The first kappa shape index (κ1) is 27.9. The summed E-state index contributed by atoms with van der Waals surface area (Å²) in [5.74, 6) is -2.37. The van der Waals surface area contributed by atoms with E-state index in [-0.39, 0.29) is 24.6 Å². The molecule has 0 aromatic carbocycles. The molecule has 0 spiro atoms. The van der Waals surface area contributed by atoms with Crippen LogP contribution in [0.4, 0.5) is 0 Å². The molecule has 3 rings (SSSR count). The molecule has 2 atom stereocenters. The Bertz CT molecular complexity index is 1230. The Hall–Kier alpha value is -4.67. The van der Waals surface area contributed by atoms with E-state index >= 15 is 0 Å². The van der Waals surface area contributed by atoms with Crippen molar-refractivity contribution in [2.75, 3.05) is 0 Å². The number of rotatable bonds is 10. The van der Waals surface area contributed by atoms with Crippen LogP contribution in [0, 0.1) is 0 Å². The minimum Gasteiger partial charge on any atom is -0.456 e. The van der Waals surface area contributed by atoms with E-state index in [1.807, 2.05) is 0 Å². The third-order valence-electron chi connectivity index (χ3n) is 5.04. The molecule has 11 heteroatoms. The first-order valence-electron chi connectivity index (χ1n) is 11.7. The largest absolute Gasteiger partial charge is 0.456 e. The van der Waals surface area contributed by atoms with Gasteiger partial charge in [-0.15, -0.1) is 0 Å². The number of aromatic nitrogens is 3. The zero-order valence-corrected chi connectivity index (χ0v) is 21.4. The average molecular weight is 522 g/mol. The summed E-state index contributed by atoms with van der Waals surface area (Å²) >= 11 is 0. The SMILES string of the molecule is CC(=O)O[C@@H](C)c1cccc(COC(=O)c2cccc(C(=O)OCc3cccc([C@H](C)OC(C)=O)n3)n2)n1. The van der Waals surface area contributed by atoms with Gasteiger partial charge in [0.25, 0.3) is 0 Å². The summed E-state index contributed by atoms with van der Waals surface area (Å²) in [5.41, 5.74) is 1.75. The highest BCUT2D eigenvalue weighted by Gasteiger charge is 2.17. The lowest BCUT2D eigenvalue weighted by molar-refractivity contribution is -0.147.